The minimum atomic E-state index is -0.483. The van der Waals surface area contributed by atoms with E-state index in [4.69, 9.17) is 0 Å². The second-order valence-corrected chi connectivity index (χ2v) is 5.40. The molecule has 3 aromatic rings. The summed E-state index contributed by atoms with van der Waals surface area (Å²) in [6.07, 6.45) is 3.46. The third-order valence-corrected chi connectivity index (χ3v) is 3.40. The van der Waals surface area contributed by atoms with Crippen molar-refractivity contribution in [2.45, 2.75) is 6.92 Å². The molecular weight excluding hydrogens is 337 g/mol. The Morgan fingerprint density at radius 3 is 2.81 bits per heavy atom. The maximum Gasteiger partial charge on any atom is 0.319 e. The number of anilines is 2. The first-order chi connectivity index (χ1) is 12.6. The second kappa shape index (κ2) is 8.06. The van der Waals surface area contributed by atoms with Crippen LogP contribution in [0.2, 0.25) is 0 Å². The Balaban J connectivity index is 1.49. The van der Waals surface area contributed by atoms with Gasteiger partial charge in [0.2, 0.25) is 0 Å². The Morgan fingerprint density at radius 2 is 2.04 bits per heavy atom. The summed E-state index contributed by atoms with van der Waals surface area (Å²) in [6, 6.07) is 9.08. The molecule has 0 saturated carbocycles. The molecule has 0 bridgehead atoms. The molecule has 3 rings (SSSR count). The van der Waals surface area contributed by atoms with Crippen molar-refractivity contribution in [1.82, 2.24) is 25.1 Å². The molecule has 0 fully saturated rings. The number of benzene rings is 1. The molecule has 0 saturated heterocycles. The number of rotatable bonds is 6. The number of para-hydroxylation sites is 1. The van der Waals surface area contributed by atoms with Gasteiger partial charge >= 0.3 is 6.03 Å². The number of aromatic nitrogens is 4. The maximum atomic E-state index is 13.5. The minimum Gasteiger partial charge on any atom is -0.368 e. The van der Waals surface area contributed by atoms with Gasteiger partial charge in [0.05, 0.1) is 5.69 Å². The lowest BCUT2D eigenvalue weighted by Gasteiger charge is -2.10. The fraction of sp³-hybridized carbons (Fsp3) is 0.176. The van der Waals surface area contributed by atoms with E-state index >= 15 is 0 Å². The molecule has 0 aliphatic rings. The molecule has 0 unspecified atom stereocenters. The monoisotopic (exact) mass is 355 g/mol. The summed E-state index contributed by atoms with van der Waals surface area (Å²) in [5, 5.41) is 12.3. The van der Waals surface area contributed by atoms with Crippen LogP contribution >= 0.6 is 0 Å². The van der Waals surface area contributed by atoms with Gasteiger partial charge in [-0.15, -0.1) is 0 Å². The molecular formula is C17H18FN7O. The van der Waals surface area contributed by atoms with Crippen LogP contribution in [0.4, 0.5) is 20.7 Å². The highest BCUT2D eigenvalue weighted by atomic mass is 19.1. The van der Waals surface area contributed by atoms with Gasteiger partial charge in [-0.2, -0.15) is 5.10 Å². The van der Waals surface area contributed by atoms with Gasteiger partial charge in [-0.05, 0) is 25.1 Å². The summed E-state index contributed by atoms with van der Waals surface area (Å²) in [7, 11) is 0. The van der Waals surface area contributed by atoms with Crippen molar-refractivity contribution in [3.63, 3.8) is 0 Å². The lowest BCUT2D eigenvalue weighted by Crippen LogP contribution is -2.33. The Labute approximate surface area is 149 Å². The van der Waals surface area contributed by atoms with Gasteiger partial charge in [-0.3, -0.25) is 0 Å². The number of urea groups is 1. The highest BCUT2D eigenvalue weighted by Gasteiger charge is 2.06. The molecule has 9 heteroatoms. The molecule has 26 heavy (non-hydrogen) atoms. The zero-order chi connectivity index (χ0) is 18.4. The van der Waals surface area contributed by atoms with Crippen LogP contribution in [0.25, 0.3) is 5.82 Å². The van der Waals surface area contributed by atoms with Crippen molar-refractivity contribution in [1.29, 1.82) is 0 Å². The van der Waals surface area contributed by atoms with Crippen molar-refractivity contribution in [3.05, 3.63) is 60.4 Å². The van der Waals surface area contributed by atoms with Gasteiger partial charge in [0.15, 0.2) is 5.82 Å². The van der Waals surface area contributed by atoms with E-state index in [-0.39, 0.29) is 5.69 Å². The van der Waals surface area contributed by atoms with Gasteiger partial charge in [0, 0.05) is 31.5 Å². The van der Waals surface area contributed by atoms with E-state index < -0.39 is 11.8 Å². The van der Waals surface area contributed by atoms with Gasteiger partial charge in [-0.1, -0.05) is 12.1 Å². The Morgan fingerprint density at radius 1 is 1.19 bits per heavy atom. The van der Waals surface area contributed by atoms with Gasteiger partial charge < -0.3 is 16.0 Å². The SMILES string of the molecule is Cc1nc(NCCNC(=O)Nc2ccccc2F)cc(-n2cccn2)n1. The van der Waals surface area contributed by atoms with E-state index in [2.05, 4.69) is 31.0 Å². The number of hydrogen-bond acceptors (Lipinski definition) is 5. The van der Waals surface area contributed by atoms with Gasteiger partial charge in [0.1, 0.15) is 17.5 Å². The standard InChI is InChI=1S/C17H18FN7O/c1-12-22-15(11-16(23-12)25-10-4-7-21-25)19-8-9-20-17(26)24-14-6-3-2-5-13(14)18/h2-7,10-11H,8-9H2,1H3,(H,19,22,23)(H2,20,24,26). The first-order valence-corrected chi connectivity index (χ1v) is 8.01. The van der Waals surface area contributed by atoms with Crippen LogP contribution < -0.4 is 16.0 Å². The number of nitrogens with one attached hydrogen (secondary N) is 3. The molecule has 2 aromatic heterocycles. The van der Waals surface area contributed by atoms with E-state index in [0.29, 0.717) is 30.5 Å². The van der Waals surface area contributed by atoms with Crippen molar-refractivity contribution < 1.29 is 9.18 Å². The molecule has 0 aliphatic heterocycles. The summed E-state index contributed by atoms with van der Waals surface area (Å²) in [5.74, 6) is 1.39. The molecule has 3 N–H and O–H groups in total. The van der Waals surface area contributed by atoms with Gasteiger partial charge in [-0.25, -0.2) is 23.8 Å². The number of nitrogens with zero attached hydrogens (tertiary/aromatic N) is 4. The van der Waals surface area contributed by atoms with Crippen molar-refractivity contribution in [2.24, 2.45) is 0 Å². The predicted molar refractivity (Wildman–Crippen MR) is 95.8 cm³/mol. The largest absolute Gasteiger partial charge is 0.368 e. The molecule has 1 aromatic carbocycles. The minimum absolute atomic E-state index is 0.133. The first kappa shape index (κ1) is 17.3. The van der Waals surface area contributed by atoms with Crippen LogP contribution in [-0.2, 0) is 0 Å². The average Bonchev–Trinajstić information content (AvgIpc) is 3.15. The summed E-state index contributed by atoms with van der Waals surface area (Å²) in [5.41, 5.74) is 0.133. The molecule has 0 atom stereocenters. The molecule has 8 nitrogen and oxygen atoms in total. The maximum absolute atomic E-state index is 13.5. The predicted octanol–water partition coefficient (Wildman–Crippen LogP) is 2.34. The fourth-order valence-corrected chi connectivity index (χ4v) is 2.26. The van der Waals surface area contributed by atoms with E-state index in [9.17, 15) is 9.18 Å². The molecule has 0 radical (unpaired) electrons. The molecule has 0 spiro atoms. The van der Waals surface area contributed by atoms with Crippen LogP contribution in [0.3, 0.4) is 0 Å². The fourth-order valence-electron chi connectivity index (χ4n) is 2.26. The molecule has 2 heterocycles. The van der Waals surface area contributed by atoms with Crippen LogP contribution in [0.1, 0.15) is 5.82 Å². The zero-order valence-electron chi connectivity index (χ0n) is 14.1. The summed E-state index contributed by atoms with van der Waals surface area (Å²) in [6.45, 7) is 2.57. The number of aryl methyl sites for hydroxylation is 1. The number of carbonyl (C=O) groups excluding carboxylic acids is 1. The van der Waals surface area contributed by atoms with Crippen molar-refractivity contribution >= 4 is 17.5 Å². The van der Waals surface area contributed by atoms with Crippen LogP contribution in [-0.4, -0.2) is 38.9 Å². The van der Waals surface area contributed by atoms with E-state index in [0.717, 1.165) is 0 Å². The van der Waals surface area contributed by atoms with Crippen LogP contribution in [0.15, 0.2) is 48.8 Å². The Bertz CT molecular complexity index is 883. The van der Waals surface area contributed by atoms with Crippen LogP contribution in [0, 0.1) is 12.7 Å². The summed E-state index contributed by atoms with van der Waals surface area (Å²) in [4.78, 5) is 20.4. The lowest BCUT2D eigenvalue weighted by molar-refractivity contribution is 0.252. The molecule has 134 valence electrons. The van der Waals surface area contributed by atoms with Crippen molar-refractivity contribution in [3.8, 4) is 5.82 Å². The number of halogens is 1. The third-order valence-electron chi connectivity index (χ3n) is 3.40. The zero-order valence-corrected chi connectivity index (χ0v) is 14.1. The number of hydrogen-bond donors (Lipinski definition) is 3. The molecule has 2 amide bonds. The average molecular weight is 355 g/mol. The smallest absolute Gasteiger partial charge is 0.319 e. The topological polar surface area (TPSA) is 96.8 Å². The summed E-state index contributed by atoms with van der Waals surface area (Å²) < 4.78 is 15.1. The van der Waals surface area contributed by atoms with Gasteiger partial charge in [0.25, 0.3) is 0 Å². The normalized spacial score (nSPS) is 10.4. The summed E-state index contributed by atoms with van der Waals surface area (Å²) >= 11 is 0. The first-order valence-electron chi connectivity index (χ1n) is 8.01. The van der Waals surface area contributed by atoms with E-state index in [1.165, 1.54) is 12.1 Å². The Kier molecular flexibility index (Phi) is 5.37. The lowest BCUT2D eigenvalue weighted by atomic mass is 10.3. The quantitative estimate of drug-likeness (QED) is 0.590. The van der Waals surface area contributed by atoms with Crippen LogP contribution in [0.5, 0.6) is 0 Å². The third kappa shape index (κ3) is 4.53. The second-order valence-electron chi connectivity index (χ2n) is 5.40. The number of amides is 2. The molecule has 0 aliphatic carbocycles. The van der Waals surface area contributed by atoms with Crippen molar-refractivity contribution in [2.75, 3.05) is 23.7 Å². The van der Waals surface area contributed by atoms with E-state index in [1.807, 2.05) is 6.07 Å². The highest BCUT2D eigenvalue weighted by molar-refractivity contribution is 5.89. The highest BCUT2D eigenvalue weighted by Crippen LogP contribution is 2.12. The Hall–Kier alpha value is -3.49. The number of carbonyl (C=O) groups is 1. The van der Waals surface area contributed by atoms with E-state index in [1.54, 1.807) is 42.2 Å².